The van der Waals surface area contributed by atoms with E-state index in [1.807, 2.05) is 42.6 Å². The normalized spacial score (nSPS) is 13.4. The molecule has 1 aliphatic rings. The summed E-state index contributed by atoms with van der Waals surface area (Å²) in [4.78, 5) is 20.3. The molecule has 1 fully saturated rings. The Kier molecular flexibility index (Phi) is 5.41. The number of fused-ring (bicyclic) bond motifs is 1. The van der Waals surface area contributed by atoms with Gasteiger partial charge in [0.15, 0.2) is 0 Å². The van der Waals surface area contributed by atoms with Crippen LogP contribution in [-0.4, -0.2) is 15.9 Å². The Labute approximate surface area is 191 Å². The predicted octanol–water partition coefficient (Wildman–Crippen LogP) is 6.60. The third-order valence-corrected chi connectivity index (χ3v) is 6.48. The summed E-state index contributed by atoms with van der Waals surface area (Å²) in [5.74, 6) is 0.408. The molecule has 156 valence electrons. The van der Waals surface area contributed by atoms with Gasteiger partial charge in [0.1, 0.15) is 17.3 Å². The molecule has 3 N–H and O–H groups in total. The Morgan fingerprint density at radius 3 is 2.68 bits per heavy atom. The number of anilines is 2. The number of hydrogen-bond donors (Lipinski definition) is 3. The van der Waals surface area contributed by atoms with Crippen LogP contribution in [-0.2, 0) is 4.79 Å². The van der Waals surface area contributed by atoms with E-state index in [4.69, 9.17) is 0 Å². The second-order valence-corrected chi connectivity index (χ2v) is 9.18. The Balaban J connectivity index is 1.37. The van der Waals surface area contributed by atoms with Crippen LogP contribution >= 0.6 is 27.9 Å². The number of nitrogens with one attached hydrogen (secondary N) is 3. The van der Waals surface area contributed by atoms with Crippen molar-refractivity contribution in [1.82, 2.24) is 9.97 Å². The topological polar surface area (TPSA) is 69.8 Å². The smallest absolute Gasteiger partial charge is 0.228 e. The van der Waals surface area contributed by atoms with Gasteiger partial charge in [-0.15, -0.1) is 0 Å². The van der Waals surface area contributed by atoms with Gasteiger partial charge in [-0.05, 0) is 78.4 Å². The summed E-state index contributed by atoms with van der Waals surface area (Å²) < 4.78 is 17.9. The summed E-state index contributed by atoms with van der Waals surface area (Å²) in [7, 11) is 0. The molecule has 1 amide bonds. The van der Waals surface area contributed by atoms with Gasteiger partial charge in [0.2, 0.25) is 5.91 Å². The summed E-state index contributed by atoms with van der Waals surface area (Å²) >= 11 is 4.49. The second kappa shape index (κ2) is 8.36. The highest BCUT2D eigenvalue weighted by atomic mass is 79.9. The van der Waals surface area contributed by atoms with Gasteiger partial charge in [-0.25, -0.2) is 9.37 Å². The fourth-order valence-corrected chi connectivity index (χ4v) is 4.29. The van der Waals surface area contributed by atoms with E-state index < -0.39 is 0 Å². The minimum atomic E-state index is -0.282. The maximum atomic E-state index is 14.0. The number of halogens is 2. The van der Waals surface area contributed by atoms with Gasteiger partial charge >= 0.3 is 0 Å². The second-order valence-electron chi connectivity index (χ2n) is 7.41. The number of hydrogen-bond acceptors (Lipinski definition) is 4. The minimum absolute atomic E-state index is 0.0288. The van der Waals surface area contributed by atoms with Crippen LogP contribution in [0.1, 0.15) is 12.8 Å². The molecule has 31 heavy (non-hydrogen) atoms. The molecule has 5 rings (SSSR count). The molecule has 1 aliphatic carbocycles. The first-order chi connectivity index (χ1) is 15.1. The van der Waals surface area contributed by atoms with E-state index in [0.717, 1.165) is 40.7 Å². The van der Waals surface area contributed by atoms with Crippen LogP contribution < -0.4 is 10.0 Å². The van der Waals surface area contributed by atoms with E-state index in [1.165, 1.54) is 18.0 Å². The van der Waals surface area contributed by atoms with Crippen molar-refractivity contribution in [3.8, 4) is 11.1 Å². The number of carbonyl (C=O) groups is 1. The number of H-pyrrole nitrogens is 1. The fraction of sp³-hybridized carbons (Fsp3) is 0.130. The summed E-state index contributed by atoms with van der Waals surface area (Å²) in [5, 5.41) is 3.91. The van der Waals surface area contributed by atoms with Crippen LogP contribution in [0.4, 0.5) is 15.9 Å². The number of nitrogens with zero attached hydrogens (tertiary/aromatic N) is 1. The highest BCUT2D eigenvalue weighted by Crippen LogP contribution is 2.34. The van der Waals surface area contributed by atoms with Gasteiger partial charge < -0.3 is 15.0 Å². The lowest BCUT2D eigenvalue weighted by molar-refractivity contribution is -0.117. The van der Waals surface area contributed by atoms with Crippen molar-refractivity contribution >= 4 is 56.3 Å². The van der Waals surface area contributed by atoms with Gasteiger partial charge in [0.05, 0.1) is 4.90 Å². The lowest BCUT2D eigenvalue weighted by atomic mass is 10.0. The standard InChI is InChI=1S/C23H18BrFN4OS/c24-15-5-8-20(19(25)11-15)31-29-16-6-3-13(4-7-16)18-12-21(28-23(30)14-1-2-14)27-22-17(18)9-10-26-22/h3-12,14,29H,1-2H2,(H2,26,27,28,30). The number of benzene rings is 2. The zero-order valence-electron chi connectivity index (χ0n) is 16.3. The van der Waals surface area contributed by atoms with E-state index in [9.17, 15) is 9.18 Å². The lowest BCUT2D eigenvalue weighted by Gasteiger charge is -2.10. The Morgan fingerprint density at radius 1 is 1.13 bits per heavy atom. The van der Waals surface area contributed by atoms with Crippen molar-refractivity contribution in [2.24, 2.45) is 5.92 Å². The number of pyridine rings is 1. The molecular formula is C23H18BrFN4OS. The van der Waals surface area contributed by atoms with Crippen molar-refractivity contribution in [2.75, 3.05) is 10.0 Å². The minimum Gasteiger partial charge on any atom is -0.346 e. The Bertz CT molecular complexity index is 1270. The highest BCUT2D eigenvalue weighted by Gasteiger charge is 2.30. The third kappa shape index (κ3) is 4.45. The molecule has 2 heterocycles. The highest BCUT2D eigenvalue weighted by molar-refractivity contribution is 9.10. The van der Waals surface area contributed by atoms with Gasteiger partial charge in [-0.1, -0.05) is 28.1 Å². The van der Waals surface area contributed by atoms with Crippen LogP contribution in [0.15, 0.2) is 70.2 Å². The molecule has 8 heteroatoms. The molecule has 2 aromatic heterocycles. The molecule has 0 spiro atoms. The molecule has 0 aliphatic heterocycles. The average molecular weight is 497 g/mol. The van der Waals surface area contributed by atoms with Crippen molar-refractivity contribution in [1.29, 1.82) is 0 Å². The first-order valence-corrected chi connectivity index (χ1v) is 11.4. The molecule has 2 aromatic carbocycles. The molecule has 4 aromatic rings. The van der Waals surface area contributed by atoms with Crippen molar-refractivity contribution in [3.05, 3.63) is 71.1 Å². The molecule has 0 atom stereocenters. The van der Waals surface area contributed by atoms with Crippen LogP contribution in [0.5, 0.6) is 0 Å². The van der Waals surface area contributed by atoms with Gasteiger partial charge in [0, 0.05) is 27.7 Å². The monoisotopic (exact) mass is 496 g/mol. The van der Waals surface area contributed by atoms with Gasteiger partial charge in [-0.3, -0.25) is 4.79 Å². The van der Waals surface area contributed by atoms with Crippen LogP contribution in [0.2, 0.25) is 0 Å². The van der Waals surface area contributed by atoms with E-state index in [0.29, 0.717) is 15.2 Å². The van der Waals surface area contributed by atoms with E-state index in [-0.39, 0.29) is 17.6 Å². The average Bonchev–Trinajstić information content (AvgIpc) is 3.51. The first-order valence-electron chi connectivity index (χ1n) is 9.84. The predicted molar refractivity (Wildman–Crippen MR) is 126 cm³/mol. The van der Waals surface area contributed by atoms with Gasteiger partial charge in [0.25, 0.3) is 0 Å². The lowest BCUT2D eigenvalue weighted by Crippen LogP contribution is -2.14. The van der Waals surface area contributed by atoms with Crippen molar-refractivity contribution in [2.45, 2.75) is 17.7 Å². The van der Waals surface area contributed by atoms with Crippen molar-refractivity contribution in [3.63, 3.8) is 0 Å². The molecule has 0 saturated heterocycles. The maximum absolute atomic E-state index is 14.0. The van der Waals surface area contributed by atoms with Gasteiger partial charge in [-0.2, -0.15) is 0 Å². The number of carbonyl (C=O) groups excluding carboxylic acids is 1. The number of rotatable bonds is 6. The van der Waals surface area contributed by atoms with E-state index in [1.54, 1.807) is 12.1 Å². The Hall–Kier alpha value is -2.84. The van der Waals surface area contributed by atoms with Crippen LogP contribution in [0.3, 0.4) is 0 Å². The zero-order valence-corrected chi connectivity index (χ0v) is 18.7. The molecule has 0 radical (unpaired) electrons. The fourth-order valence-electron chi connectivity index (χ4n) is 3.30. The van der Waals surface area contributed by atoms with E-state index >= 15 is 0 Å². The molecule has 0 bridgehead atoms. The Morgan fingerprint density at radius 2 is 1.94 bits per heavy atom. The maximum Gasteiger partial charge on any atom is 0.228 e. The third-order valence-electron chi connectivity index (χ3n) is 5.10. The zero-order chi connectivity index (χ0) is 21.4. The molecule has 1 saturated carbocycles. The molecule has 5 nitrogen and oxygen atoms in total. The quantitative estimate of drug-likeness (QED) is 0.263. The number of aromatic nitrogens is 2. The number of aromatic amines is 1. The van der Waals surface area contributed by atoms with Crippen molar-refractivity contribution < 1.29 is 9.18 Å². The summed E-state index contributed by atoms with van der Waals surface area (Å²) in [6, 6.07) is 16.7. The van der Waals surface area contributed by atoms with Crippen LogP contribution in [0.25, 0.3) is 22.2 Å². The summed E-state index contributed by atoms with van der Waals surface area (Å²) in [5.41, 5.74) is 3.57. The summed E-state index contributed by atoms with van der Waals surface area (Å²) in [6.45, 7) is 0. The van der Waals surface area contributed by atoms with E-state index in [2.05, 4.69) is 35.9 Å². The molecule has 0 unspecified atom stereocenters. The SMILES string of the molecule is O=C(Nc1cc(-c2ccc(NSc3ccc(Br)cc3F)cc2)c2cc[nH]c2n1)C1CC1. The largest absolute Gasteiger partial charge is 0.346 e. The van der Waals surface area contributed by atoms with Crippen LogP contribution in [0, 0.1) is 11.7 Å². The first kappa shape index (κ1) is 20.1. The number of amides is 1. The summed E-state index contributed by atoms with van der Waals surface area (Å²) in [6.07, 6.45) is 3.73. The molecular weight excluding hydrogens is 479 g/mol.